The minimum absolute atomic E-state index is 0.176. The summed E-state index contributed by atoms with van der Waals surface area (Å²) < 4.78 is 6.30. The second-order valence-corrected chi connectivity index (χ2v) is 4.51. The summed E-state index contributed by atoms with van der Waals surface area (Å²) in [6, 6.07) is 0.532. The van der Waals surface area contributed by atoms with Crippen LogP contribution >= 0.6 is 11.8 Å². The molecule has 0 saturated heterocycles. The Labute approximate surface area is 113 Å². The lowest BCUT2D eigenvalue weighted by Gasteiger charge is -2.17. The zero-order valence-electron chi connectivity index (χ0n) is 10.5. The van der Waals surface area contributed by atoms with Gasteiger partial charge in [-0.1, -0.05) is 11.8 Å². The number of carboxylic acids is 1. The molecule has 1 aromatic heterocycles. The van der Waals surface area contributed by atoms with Gasteiger partial charge in [-0.3, -0.25) is 9.59 Å². The topological polar surface area (TPSA) is 98.5 Å². The number of aromatic nitrogens is 2. The second-order valence-electron chi connectivity index (χ2n) is 3.57. The van der Waals surface area contributed by atoms with Gasteiger partial charge in [0.2, 0.25) is 0 Å². The van der Waals surface area contributed by atoms with Crippen molar-refractivity contribution in [1.29, 1.82) is 0 Å². The number of ether oxygens (including phenoxy) is 1. The van der Waals surface area contributed by atoms with Crippen LogP contribution in [-0.2, 0) is 14.3 Å². The lowest BCUT2D eigenvalue weighted by Crippen LogP contribution is -2.23. The van der Waals surface area contributed by atoms with E-state index in [1.54, 1.807) is 13.8 Å². The van der Waals surface area contributed by atoms with Crippen LogP contribution in [0.5, 0.6) is 0 Å². The average molecular weight is 286 g/mol. The molecule has 0 aromatic carbocycles. The smallest absolute Gasteiger partial charge is 0.328 e. The summed E-state index contributed by atoms with van der Waals surface area (Å²) in [5.74, 6) is -1.74. The Morgan fingerprint density at radius 3 is 2.84 bits per heavy atom. The van der Waals surface area contributed by atoms with Crippen LogP contribution in [-0.4, -0.2) is 39.0 Å². The first kappa shape index (κ1) is 15.2. The van der Waals surface area contributed by atoms with Crippen LogP contribution < -0.4 is 5.56 Å². The summed E-state index contributed by atoms with van der Waals surface area (Å²) in [4.78, 5) is 37.1. The number of carbonyl (C=O) groups is 2. The van der Waals surface area contributed by atoms with Crippen molar-refractivity contribution in [1.82, 2.24) is 9.55 Å². The number of aliphatic carboxylic acids is 1. The van der Waals surface area contributed by atoms with Crippen molar-refractivity contribution in [2.24, 2.45) is 0 Å². The molecule has 0 aliphatic carbocycles. The number of hydrogen-bond acceptors (Lipinski definition) is 6. The van der Waals surface area contributed by atoms with Crippen LogP contribution in [0.3, 0.4) is 0 Å². The molecule has 0 radical (unpaired) electrons. The molecule has 1 rings (SSSR count). The van der Waals surface area contributed by atoms with Crippen LogP contribution in [0.15, 0.2) is 22.2 Å². The van der Waals surface area contributed by atoms with Gasteiger partial charge in [0.25, 0.3) is 5.56 Å². The van der Waals surface area contributed by atoms with Crippen molar-refractivity contribution in [3.63, 3.8) is 0 Å². The van der Waals surface area contributed by atoms with Gasteiger partial charge < -0.3 is 14.4 Å². The maximum atomic E-state index is 11.6. The minimum atomic E-state index is -1.03. The van der Waals surface area contributed by atoms with Crippen LogP contribution in [0.1, 0.15) is 19.9 Å². The molecular formula is C11H14N2O5S. The van der Waals surface area contributed by atoms with E-state index in [2.05, 4.69) is 4.98 Å². The molecule has 7 nitrogen and oxygen atoms in total. The number of nitrogens with zero attached hydrogens (tertiary/aromatic N) is 2. The van der Waals surface area contributed by atoms with Crippen molar-refractivity contribution in [2.75, 3.05) is 12.4 Å². The second kappa shape index (κ2) is 6.93. The Balaban J connectivity index is 3.01. The minimum Gasteiger partial charge on any atom is -0.481 e. The molecule has 0 fully saturated rings. The molecule has 0 bridgehead atoms. The van der Waals surface area contributed by atoms with E-state index in [0.717, 1.165) is 11.8 Å². The predicted octanol–water partition coefficient (Wildman–Crippen LogP) is 0.544. The van der Waals surface area contributed by atoms with E-state index >= 15 is 0 Å². The predicted molar refractivity (Wildman–Crippen MR) is 68.2 cm³/mol. The van der Waals surface area contributed by atoms with Gasteiger partial charge in [-0.15, -0.1) is 0 Å². The van der Waals surface area contributed by atoms with E-state index in [9.17, 15) is 14.4 Å². The SMILES string of the molecule is CCOC(=O)C(C)n1ccc(=O)nc1SCC(=O)O. The molecule has 0 saturated carbocycles. The molecule has 0 aliphatic rings. The summed E-state index contributed by atoms with van der Waals surface area (Å²) in [7, 11) is 0. The number of thioether (sulfide) groups is 1. The third kappa shape index (κ3) is 4.40. The molecule has 0 spiro atoms. The standard InChI is InChI=1S/C11H14N2O5S/c1-3-18-10(17)7(2)13-5-4-8(14)12-11(13)19-6-9(15)16/h4-5,7H,3,6H2,1-2H3,(H,15,16). The maximum absolute atomic E-state index is 11.6. The molecule has 1 aromatic rings. The van der Waals surface area contributed by atoms with Gasteiger partial charge in [0, 0.05) is 12.3 Å². The lowest BCUT2D eigenvalue weighted by atomic mass is 10.3. The number of carbonyl (C=O) groups excluding carboxylic acids is 1. The van der Waals surface area contributed by atoms with Gasteiger partial charge in [0.1, 0.15) is 6.04 Å². The van der Waals surface area contributed by atoms with Gasteiger partial charge in [-0.05, 0) is 13.8 Å². The highest BCUT2D eigenvalue weighted by molar-refractivity contribution is 7.99. The van der Waals surface area contributed by atoms with E-state index < -0.39 is 23.5 Å². The first-order chi connectivity index (χ1) is 8.95. The number of rotatable bonds is 6. The van der Waals surface area contributed by atoms with Crippen molar-refractivity contribution < 1.29 is 19.4 Å². The number of esters is 1. The molecule has 104 valence electrons. The van der Waals surface area contributed by atoms with Gasteiger partial charge in [0.15, 0.2) is 5.16 Å². The Morgan fingerprint density at radius 2 is 2.26 bits per heavy atom. The van der Waals surface area contributed by atoms with E-state index in [4.69, 9.17) is 9.84 Å². The fourth-order valence-electron chi connectivity index (χ4n) is 1.30. The lowest BCUT2D eigenvalue weighted by molar-refractivity contribution is -0.146. The molecule has 1 heterocycles. The largest absolute Gasteiger partial charge is 0.481 e. The van der Waals surface area contributed by atoms with Crippen LogP contribution in [0.4, 0.5) is 0 Å². The summed E-state index contributed by atoms with van der Waals surface area (Å²) in [6.07, 6.45) is 1.40. The Morgan fingerprint density at radius 1 is 1.58 bits per heavy atom. The van der Waals surface area contributed by atoms with Gasteiger partial charge in [-0.25, -0.2) is 4.79 Å². The molecule has 8 heteroatoms. The molecular weight excluding hydrogens is 272 g/mol. The third-order valence-corrected chi connectivity index (χ3v) is 3.13. The molecule has 1 unspecified atom stereocenters. The van der Waals surface area contributed by atoms with E-state index in [1.807, 2.05) is 0 Å². The van der Waals surface area contributed by atoms with E-state index in [0.29, 0.717) is 0 Å². The summed E-state index contributed by atoms with van der Waals surface area (Å²) in [6.45, 7) is 3.53. The van der Waals surface area contributed by atoms with Crippen molar-refractivity contribution in [3.05, 3.63) is 22.6 Å². The first-order valence-electron chi connectivity index (χ1n) is 5.56. The molecule has 0 amide bonds. The van der Waals surface area contributed by atoms with Gasteiger partial charge in [0.05, 0.1) is 12.4 Å². The fourth-order valence-corrected chi connectivity index (χ4v) is 2.08. The van der Waals surface area contributed by atoms with E-state index in [-0.39, 0.29) is 17.5 Å². The average Bonchev–Trinajstić information content (AvgIpc) is 2.36. The fraction of sp³-hybridized carbons (Fsp3) is 0.455. The van der Waals surface area contributed by atoms with Crippen molar-refractivity contribution in [3.8, 4) is 0 Å². The molecule has 1 N–H and O–H groups in total. The Kier molecular flexibility index (Phi) is 5.56. The van der Waals surface area contributed by atoms with E-state index in [1.165, 1.54) is 16.8 Å². The van der Waals surface area contributed by atoms with Crippen LogP contribution in [0.25, 0.3) is 0 Å². The van der Waals surface area contributed by atoms with Crippen molar-refractivity contribution >= 4 is 23.7 Å². The summed E-state index contributed by atoms with van der Waals surface area (Å²) in [5, 5.41) is 8.82. The Hall–Kier alpha value is -1.83. The van der Waals surface area contributed by atoms with Crippen molar-refractivity contribution in [2.45, 2.75) is 25.0 Å². The highest BCUT2D eigenvalue weighted by Gasteiger charge is 2.19. The zero-order valence-corrected chi connectivity index (χ0v) is 11.3. The van der Waals surface area contributed by atoms with Crippen LogP contribution in [0.2, 0.25) is 0 Å². The first-order valence-corrected chi connectivity index (χ1v) is 6.54. The summed E-state index contributed by atoms with van der Waals surface area (Å²) in [5.41, 5.74) is -0.486. The quantitative estimate of drug-likeness (QED) is 0.463. The number of carboxylic acid groups (broad SMARTS) is 1. The summed E-state index contributed by atoms with van der Waals surface area (Å²) >= 11 is 0.878. The highest BCUT2D eigenvalue weighted by atomic mass is 32.2. The van der Waals surface area contributed by atoms with Gasteiger partial charge in [-0.2, -0.15) is 4.98 Å². The zero-order chi connectivity index (χ0) is 14.4. The maximum Gasteiger partial charge on any atom is 0.328 e. The van der Waals surface area contributed by atoms with Crippen LogP contribution in [0, 0.1) is 0 Å². The highest BCUT2D eigenvalue weighted by Crippen LogP contribution is 2.18. The molecule has 1 atom stereocenters. The van der Waals surface area contributed by atoms with Gasteiger partial charge >= 0.3 is 11.9 Å². The third-order valence-electron chi connectivity index (χ3n) is 2.17. The monoisotopic (exact) mass is 286 g/mol. The Bertz CT molecular complexity index is 528. The normalized spacial score (nSPS) is 11.9. The molecule has 0 aliphatic heterocycles. The molecule has 19 heavy (non-hydrogen) atoms. The number of hydrogen-bond donors (Lipinski definition) is 1.